The van der Waals surface area contributed by atoms with Crippen LogP contribution >= 0.6 is 0 Å². The Morgan fingerprint density at radius 3 is 2.70 bits per heavy atom. The summed E-state index contributed by atoms with van der Waals surface area (Å²) >= 11 is 0. The molecule has 0 bridgehead atoms. The molecule has 1 aromatic carbocycles. The molecule has 0 N–H and O–H groups in total. The summed E-state index contributed by atoms with van der Waals surface area (Å²) < 4.78 is 6.93. The normalized spacial score (nSPS) is 10.7. The Kier molecular flexibility index (Phi) is 4.56. The molecule has 4 nitrogen and oxygen atoms in total. The smallest absolute Gasteiger partial charge is 0.343 e. The highest BCUT2D eigenvalue weighted by atomic mass is 16.5. The molecule has 0 unspecified atom stereocenters. The molecule has 2 rings (SSSR count). The lowest BCUT2D eigenvalue weighted by molar-refractivity contribution is 0.0524. The van der Waals surface area contributed by atoms with Crippen LogP contribution in [0.25, 0.3) is 10.9 Å². The summed E-state index contributed by atoms with van der Waals surface area (Å²) in [6, 6.07) is 7.36. The Labute approximate surface area is 118 Å². The van der Waals surface area contributed by atoms with E-state index in [0.29, 0.717) is 5.39 Å². The Morgan fingerprint density at radius 1 is 1.25 bits per heavy atom. The van der Waals surface area contributed by atoms with Gasteiger partial charge in [-0.1, -0.05) is 25.5 Å². The van der Waals surface area contributed by atoms with Gasteiger partial charge >= 0.3 is 5.97 Å². The van der Waals surface area contributed by atoms with Gasteiger partial charge in [-0.2, -0.15) is 0 Å². The highest BCUT2D eigenvalue weighted by Crippen LogP contribution is 2.13. The van der Waals surface area contributed by atoms with Gasteiger partial charge in [-0.3, -0.25) is 4.79 Å². The number of carbonyl (C=O) groups is 1. The van der Waals surface area contributed by atoms with Crippen molar-refractivity contribution in [3.05, 3.63) is 46.2 Å². The predicted octanol–water partition coefficient (Wildman–Crippen LogP) is 2.98. The van der Waals surface area contributed by atoms with Gasteiger partial charge in [0, 0.05) is 18.1 Å². The summed E-state index contributed by atoms with van der Waals surface area (Å²) in [4.78, 5) is 24.3. The average molecular weight is 273 g/mol. The molecule has 0 atom stereocenters. The van der Waals surface area contributed by atoms with E-state index in [4.69, 9.17) is 4.74 Å². The molecule has 0 amide bonds. The van der Waals surface area contributed by atoms with E-state index in [1.807, 2.05) is 22.8 Å². The lowest BCUT2D eigenvalue weighted by Crippen LogP contribution is -2.21. The van der Waals surface area contributed by atoms with E-state index in [1.165, 1.54) is 0 Å². The summed E-state index contributed by atoms with van der Waals surface area (Å²) in [5, 5.41) is 0.564. The highest BCUT2D eigenvalue weighted by molar-refractivity contribution is 5.93. The zero-order chi connectivity index (χ0) is 14.5. The number of aryl methyl sites for hydroxylation is 1. The summed E-state index contributed by atoms with van der Waals surface area (Å²) in [5.41, 5.74) is 0.715. The van der Waals surface area contributed by atoms with Gasteiger partial charge in [0.05, 0.1) is 12.1 Å². The number of nitrogens with zero attached hydrogens (tertiary/aromatic N) is 1. The lowest BCUT2D eigenvalue weighted by Gasteiger charge is -2.12. The molecular formula is C16H19NO3. The highest BCUT2D eigenvalue weighted by Gasteiger charge is 2.15. The van der Waals surface area contributed by atoms with Crippen molar-refractivity contribution in [2.24, 2.45) is 0 Å². The number of pyridine rings is 1. The number of rotatable bonds is 5. The standard InChI is InChI=1S/C16H19NO3/c1-3-5-10-17-11-13(16(19)20-4-2)15(18)12-8-6-7-9-14(12)17/h6-9,11H,3-5,10H2,1-2H3. The van der Waals surface area contributed by atoms with E-state index < -0.39 is 5.97 Å². The van der Waals surface area contributed by atoms with Gasteiger partial charge in [-0.05, 0) is 25.5 Å². The second kappa shape index (κ2) is 6.37. The van der Waals surface area contributed by atoms with Gasteiger partial charge in [0.25, 0.3) is 0 Å². The van der Waals surface area contributed by atoms with E-state index in [9.17, 15) is 9.59 Å². The maximum Gasteiger partial charge on any atom is 0.343 e. The summed E-state index contributed by atoms with van der Waals surface area (Å²) in [7, 11) is 0. The minimum atomic E-state index is -0.548. The molecule has 1 heterocycles. The molecule has 0 fully saturated rings. The first kappa shape index (κ1) is 14.3. The van der Waals surface area contributed by atoms with Crippen molar-refractivity contribution < 1.29 is 9.53 Å². The number of hydrogen-bond donors (Lipinski definition) is 0. The molecule has 0 saturated carbocycles. The van der Waals surface area contributed by atoms with Crippen LogP contribution in [0.5, 0.6) is 0 Å². The fourth-order valence-corrected chi connectivity index (χ4v) is 2.21. The maximum absolute atomic E-state index is 12.4. The van der Waals surface area contributed by atoms with E-state index >= 15 is 0 Å². The first-order valence-corrected chi connectivity index (χ1v) is 6.98. The predicted molar refractivity (Wildman–Crippen MR) is 79.1 cm³/mol. The fourth-order valence-electron chi connectivity index (χ4n) is 2.21. The molecular weight excluding hydrogens is 254 g/mol. The lowest BCUT2D eigenvalue weighted by atomic mass is 10.1. The van der Waals surface area contributed by atoms with Gasteiger partial charge in [0.15, 0.2) is 0 Å². The minimum Gasteiger partial charge on any atom is -0.462 e. The van der Waals surface area contributed by atoms with Crippen LogP contribution in [0.4, 0.5) is 0 Å². The van der Waals surface area contributed by atoms with Crippen LogP contribution < -0.4 is 5.43 Å². The number of ether oxygens (including phenoxy) is 1. The number of aromatic nitrogens is 1. The number of hydrogen-bond acceptors (Lipinski definition) is 3. The SMILES string of the molecule is CCCCn1cc(C(=O)OCC)c(=O)c2ccccc21. The van der Waals surface area contributed by atoms with Crippen molar-refractivity contribution in [1.82, 2.24) is 4.57 Å². The number of benzene rings is 1. The number of unbranched alkanes of at least 4 members (excludes halogenated alkanes) is 1. The first-order valence-electron chi connectivity index (χ1n) is 6.98. The average Bonchev–Trinajstić information content (AvgIpc) is 2.47. The number of para-hydroxylation sites is 1. The maximum atomic E-state index is 12.4. The Hall–Kier alpha value is -2.10. The van der Waals surface area contributed by atoms with Crippen molar-refractivity contribution in [1.29, 1.82) is 0 Å². The molecule has 0 saturated heterocycles. The third kappa shape index (κ3) is 2.74. The van der Waals surface area contributed by atoms with Crippen LogP contribution in [0.1, 0.15) is 37.0 Å². The van der Waals surface area contributed by atoms with Crippen LogP contribution in [0.3, 0.4) is 0 Å². The Bertz CT molecular complexity index is 673. The molecule has 0 aliphatic rings. The van der Waals surface area contributed by atoms with Crippen LogP contribution in [-0.2, 0) is 11.3 Å². The molecule has 2 aromatic rings. The molecule has 0 spiro atoms. The Balaban J connectivity index is 2.62. The minimum absolute atomic E-state index is 0.113. The third-order valence-electron chi connectivity index (χ3n) is 3.24. The molecule has 1 aromatic heterocycles. The zero-order valence-electron chi connectivity index (χ0n) is 11.9. The van der Waals surface area contributed by atoms with Gasteiger partial charge in [-0.15, -0.1) is 0 Å². The molecule has 106 valence electrons. The largest absolute Gasteiger partial charge is 0.462 e. The number of fused-ring (bicyclic) bond motifs is 1. The van der Waals surface area contributed by atoms with Gasteiger partial charge in [0.2, 0.25) is 5.43 Å². The van der Waals surface area contributed by atoms with Crippen LogP contribution in [0.2, 0.25) is 0 Å². The second-order valence-electron chi connectivity index (χ2n) is 4.66. The molecule has 0 radical (unpaired) electrons. The Morgan fingerprint density at radius 2 is 2.00 bits per heavy atom. The van der Waals surface area contributed by atoms with Gasteiger partial charge < -0.3 is 9.30 Å². The van der Waals surface area contributed by atoms with E-state index in [-0.39, 0.29) is 17.6 Å². The quantitative estimate of drug-likeness (QED) is 0.787. The summed E-state index contributed by atoms with van der Waals surface area (Å²) in [6.45, 7) is 4.88. The van der Waals surface area contributed by atoms with Crippen molar-refractivity contribution >= 4 is 16.9 Å². The van der Waals surface area contributed by atoms with Gasteiger partial charge in [0.1, 0.15) is 5.56 Å². The molecule has 20 heavy (non-hydrogen) atoms. The van der Waals surface area contributed by atoms with Crippen molar-refractivity contribution in [3.63, 3.8) is 0 Å². The van der Waals surface area contributed by atoms with Crippen LogP contribution in [0.15, 0.2) is 35.3 Å². The van der Waals surface area contributed by atoms with Crippen LogP contribution in [-0.4, -0.2) is 17.1 Å². The number of esters is 1. The number of carbonyl (C=O) groups excluding carboxylic acids is 1. The van der Waals surface area contributed by atoms with E-state index in [2.05, 4.69) is 6.92 Å². The van der Waals surface area contributed by atoms with Crippen LogP contribution in [0, 0.1) is 0 Å². The monoisotopic (exact) mass is 273 g/mol. The summed E-state index contributed by atoms with van der Waals surface area (Å²) in [5.74, 6) is -0.548. The second-order valence-corrected chi connectivity index (χ2v) is 4.66. The molecule has 0 aliphatic carbocycles. The zero-order valence-corrected chi connectivity index (χ0v) is 11.9. The summed E-state index contributed by atoms with van der Waals surface area (Å²) in [6.07, 6.45) is 3.67. The fraction of sp³-hybridized carbons (Fsp3) is 0.375. The first-order chi connectivity index (χ1) is 9.69. The molecule has 0 aliphatic heterocycles. The third-order valence-corrected chi connectivity index (χ3v) is 3.24. The van der Waals surface area contributed by atoms with Crippen molar-refractivity contribution in [3.8, 4) is 0 Å². The van der Waals surface area contributed by atoms with Gasteiger partial charge in [-0.25, -0.2) is 4.79 Å². The molecule has 4 heteroatoms. The van der Waals surface area contributed by atoms with Crippen molar-refractivity contribution in [2.75, 3.05) is 6.61 Å². The van der Waals surface area contributed by atoms with E-state index in [0.717, 1.165) is 24.9 Å². The van der Waals surface area contributed by atoms with Crippen molar-refractivity contribution in [2.45, 2.75) is 33.2 Å². The van der Waals surface area contributed by atoms with E-state index in [1.54, 1.807) is 19.2 Å². The topological polar surface area (TPSA) is 48.3 Å².